The molecule has 0 aromatic rings. The van der Waals surface area contributed by atoms with Crippen molar-refractivity contribution in [3.63, 3.8) is 0 Å². The molecular formula is C10H20N2S8. The summed E-state index contributed by atoms with van der Waals surface area (Å²) in [4.78, 5) is 0. The van der Waals surface area contributed by atoms with Crippen LogP contribution in [0, 0.1) is 0 Å². The highest BCUT2D eigenvalue weighted by Gasteiger charge is 2.16. The second kappa shape index (κ2) is 14.5. The van der Waals surface area contributed by atoms with Crippen molar-refractivity contribution in [3.8, 4) is 0 Å². The third kappa shape index (κ3) is 9.81. The Balaban J connectivity index is 4.27. The van der Waals surface area contributed by atoms with Crippen LogP contribution in [0.3, 0.4) is 0 Å². The van der Waals surface area contributed by atoms with Gasteiger partial charge in [0.25, 0.3) is 0 Å². The van der Waals surface area contributed by atoms with Gasteiger partial charge in [0.15, 0.2) is 8.64 Å². The molecule has 0 rings (SSSR count). The van der Waals surface area contributed by atoms with E-state index in [0.29, 0.717) is 0 Å². The second-order valence-electron chi connectivity index (χ2n) is 2.88. The monoisotopic (exact) mass is 424 g/mol. The zero-order chi connectivity index (χ0) is 15.4. The lowest BCUT2D eigenvalue weighted by molar-refractivity contribution is 1.17. The smallest absolute Gasteiger partial charge is 0.167 e. The van der Waals surface area contributed by atoms with Crippen LogP contribution in [0.5, 0.6) is 0 Å². The standard InChI is InChI=1S/C10H20N2S8/c1-5-15-11(16-6-2)9(13)19-20-10(14)12(17-7-3)18-8-4/h5-8H2,1-4H3. The molecule has 0 fully saturated rings. The molecule has 0 saturated carbocycles. The molecule has 0 atom stereocenters. The summed E-state index contributed by atoms with van der Waals surface area (Å²) in [5.74, 6) is 4.08. The van der Waals surface area contributed by atoms with E-state index in [1.807, 2.05) is 0 Å². The fourth-order valence-corrected chi connectivity index (χ4v) is 8.14. The van der Waals surface area contributed by atoms with Gasteiger partial charge in [-0.1, -0.05) is 27.7 Å². The van der Waals surface area contributed by atoms with Gasteiger partial charge < -0.3 is 0 Å². The molecule has 0 aliphatic rings. The summed E-state index contributed by atoms with van der Waals surface area (Å²) >= 11 is 17.9. The minimum atomic E-state index is 0.874. The Kier molecular flexibility index (Phi) is 15.8. The Morgan fingerprint density at radius 3 is 1.10 bits per heavy atom. The molecule has 20 heavy (non-hydrogen) atoms. The molecule has 0 unspecified atom stereocenters. The van der Waals surface area contributed by atoms with E-state index in [0.717, 1.165) is 31.7 Å². The van der Waals surface area contributed by atoms with Crippen LogP contribution in [0.15, 0.2) is 0 Å². The molecule has 0 N–H and O–H groups in total. The van der Waals surface area contributed by atoms with E-state index in [9.17, 15) is 0 Å². The van der Waals surface area contributed by atoms with Gasteiger partial charge in [0.05, 0.1) is 0 Å². The van der Waals surface area contributed by atoms with Crippen molar-refractivity contribution < 1.29 is 0 Å². The van der Waals surface area contributed by atoms with E-state index >= 15 is 0 Å². The molecule has 118 valence electrons. The summed E-state index contributed by atoms with van der Waals surface area (Å²) < 4.78 is 5.97. The average molecular weight is 425 g/mol. The lowest BCUT2D eigenvalue weighted by Crippen LogP contribution is -2.14. The van der Waals surface area contributed by atoms with Crippen LogP contribution in [-0.4, -0.2) is 39.1 Å². The molecule has 0 spiro atoms. The van der Waals surface area contributed by atoms with Gasteiger partial charge in [-0.05, 0) is 93.8 Å². The summed E-state index contributed by atoms with van der Waals surface area (Å²) in [6.45, 7) is 8.54. The molecule has 0 heterocycles. The molecular weight excluding hydrogens is 405 g/mol. The minimum Gasteiger partial charge on any atom is -0.241 e. The molecule has 0 aromatic heterocycles. The van der Waals surface area contributed by atoms with Crippen LogP contribution < -0.4 is 0 Å². The summed E-state index contributed by atoms with van der Waals surface area (Å²) in [6, 6.07) is 0. The molecule has 0 saturated heterocycles. The highest BCUT2D eigenvalue weighted by atomic mass is 33.1. The van der Waals surface area contributed by atoms with E-state index in [1.54, 1.807) is 69.4 Å². The first-order chi connectivity index (χ1) is 9.60. The fraction of sp³-hybridized carbons (Fsp3) is 0.800. The van der Waals surface area contributed by atoms with Gasteiger partial charge in [-0.15, -0.1) is 0 Å². The Labute approximate surface area is 159 Å². The van der Waals surface area contributed by atoms with Gasteiger partial charge in [-0.25, -0.2) is 7.42 Å². The largest absolute Gasteiger partial charge is 0.241 e. The van der Waals surface area contributed by atoms with Gasteiger partial charge >= 0.3 is 0 Å². The summed E-state index contributed by atoms with van der Waals surface area (Å²) in [6.07, 6.45) is 0. The first-order valence-corrected chi connectivity index (χ1v) is 12.9. The molecule has 10 heteroatoms. The maximum Gasteiger partial charge on any atom is 0.167 e. The molecule has 0 aromatic carbocycles. The van der Waals surface area contributed by atoms with E-state index < -0.39 is 0 Å². The van der Waals surface area contributed by atoms with Gasteiger partial charge in [0.1, 0.15) is 0 Å². The van der Waals surface area contributed by atoms with Crippen molar-refractivity contribution >= 4 is 102 Å². The van der Waals surface area contributed by atoms with E-state index in [-0.39, 0.29) is 0 Å². The van der Waals surface area contributed by atoms with Crippen molar-refractivity contribution in [1.82, 2.24) is 7.42 Å². The highest BCUT2D eigenvalue weighted by molar-refractivity contribution is 8.90. The number of nitrogens with zero attached hydrogens (tertiary/aromatic N) is 2. The van der Waals surface area contributed by atoms with Crippen molar-refractivity contribution in [3.05, 3.63) is 0 Å². The van der Waals surface area contributed by atoms with Crippen LogP contribution in [0.1, 0.15) is 27.7 Å². The summed E-state index contributed by atoms with van der Waals surface area (Å²) in [5, 5.41) is 0. The SMILES string of the molecule is CCSN(SCC)C(=S)SSC(=S)N(SCC)SCC. The average Bonchev–Trinajstić information content (AvgIpc) is 2.44. The quantitative estimate of drug-likeness (QED) is 0.251. The van der Waals surface area contributed by atoms with Crippen molar-refractivity contribution in [2.45, 2.75) is 27.7 Å². The van der Waals surface area contributed by atoms with Crippen molar-refractivity contribution in [2.75, 3.05) is 23.0 Å². The predicted molar refractivity (Wildman–Crippen MR) is 117 cm³/mol. The van der Waals surface area contributed by atoms with Gasteiger partial charge in [0, 0.05) is 23.0 Å². The maximum atomic E-state index is 5.48. The number of hydrogen-bond acceptors (Lipinski definition) is 8. The molecule has 2 nitrogen and oxygen atoms in total. The zero-order valence-corrected chi connectivity index (χ0v) is 18.5. The van der Waals surface area contributed by atoms with Crippen molar-refractivity contribution in [1.29, 1.82) is 0 Å². The third-order valence-corrected chi connectivity index (χ3v) is 9.79. The predicted octanol–water partition coefficient (Wildman–Crippen LogP) is 6.21. The van der Waals surface area contributed by atoms with Gasteiger partial charge in [0.2, 0.25) is 0 Å². The molecule has 0 aliphatic carbocycles. The van der Waals surface area contributed by atoms with Crippen LogP contribution in [0.25, 0.3) is 0 Å². The van der Waals surface area contributed by atoms with Gasteiger partial charge in [-0.2, -0.15) is 0 Å². The van der Waals surface area contributed by atoms with Gasteiger partial charge in [-0.3, -0.25) is 0 Å². The minimum absolute atomic E-state index is 0.874. The van der Waals surface area contributed by atoms with E-state index in [1.165, 1.54) is 0 Å². The number of thiocarbonyl (C=S) groups is 2. The second-order valence-corrected chi connectivity index (χ2v) is 11.5. The summed E-state index contributed by atoms with van der Waals surface area (Å²) in [7, 11) is 3.15. The maximum absolute atomic E-state index is 5.48. The van der Waals surface area contributed by atoms with Crippen LogP contribution in [0.2, 0.25) is 0 Å². The summed E-state index contributed by atoms with van der Waals surface area (Å²) in [5.41, 5.74) is 0. The molecule has 0 bridgehead atoms. The third-order valence-electron chi connectivity index (χ3n) is 1.47. The normalized spacial score (nSPS) is 10.4. The van der Waals surface area contributed by atoms with Crippen LogP contribution in [0.4, 0.5) is 0 Å². The molecule has 0 aliphatic heterocycles. The lowest BCUT2D eigenvalue weighted by atomic mass is 11.0. The lowest BCUT2D eigenvalue weighted by Gasteiger charge is -2.22. The van der Waals surface area contributed by atoms with Crippen LogP contribution in [-0.2, 0) is 0 Å². The first kappa shape index (κ1) is 21.9. The molecule has 0 radical (unpaired) electrons. The highest BCUT2D eigenvalue weighted by Crippen LogP contribution is 2.37. The molecule has 0 amide bonds. The van der Waals surface area contributed by atoms with Crippen molar-refractivity contribution in [2.24, 2.45) is 0 Å². The first-order valence-electron chi connectivity index (χ1n) is 6.14. The zero-order valence-electron chi connectivity index (χ0n) is 12.0. The van der Waals surface area contributed by atoms with E-state index in [2.05, 4.69) is 35.1 Å². The number of rotatable bonds is 8. The Hall–Kier alpha value is 1.88. The Morgan fingerprint density at radius 2 is 0.900 bits per heavy atom. The van der Waals surface area contributed by atoms with Crippen LogP contribution >= 0.6 is 93.8 Å². The number of hydrogen-bond donors (Lipinski definition) is 0. The topological polar surface area (TPSA) is 6.48 Å². The Bertz CT molecular complexity index is 248. The Morgan fingerprint density at radius 1 is 0.650 bits per heavy atom. The fourth-order valence-electron chi connectivity index (χ4n) is 0.887. The van der Waals surface area contributed by atoms with E-state index in [4.69, 9.17) is 24.4 Å².